The van der Waals surface area contributed by atoms with Gasteiger partial charge in [0.15, 0.2) is 0 Å². The number of hydrogen-bond donors (Lipinski definition) is 0. The van der Waals surface area contributed by atoms with Gasteiger partial charge in [-0.2, -0.15) is 0 Å². The molecule has 1 aromatic carbocycles. The minimum Gasteiger partial charge on any atom is -0.255 e. The van der Waals surface area contributed by atoms with Crippen LogP contribution in [0.3, 0.4) is 0 Å². The number of allylic oxidation sites excluding steroid dienone is 2. The van der Waals surface area contributed by atoms with E-state index >= 15 is 0 Å². The van der Waals surface area contributed by atoms with Gasteiger partial charge in [0.2, 0.25) is 0 Å². The summed E-state index contributed by atoms with van der Waals surface area (Å²) in [5.41, 5.74) is 6.43. The van der Waals surface area contributed by atoms with Gasteiger partial charge in [-0.1, -0.05) is 42.7 Å². The molecular formula is C16H19N. The molecule has 0 radical (unpaired) electrons. The molecule has 0 spiro atoms. The summed E-state index contributed by atoms with van der Waals surface area (Å²) in [7, 11) is 0. The van der Waals surface area contributed by atoms with Crippen LogP contribution in [0.25, 0.3) is 0 Å². The van der Waals surface area contributed by atoms with Crippen LogP contribution >= 0.6 is 0 Å². The van der Waals surface area contributed by atoms with Crippen molar-refractivity contribution in [2.45, 2.75) is 27.7 Å². The quantitative estimate of drug-likeness (QED) is 0.505. The summed E-state index contributed by atoms with van der Waals surface area (Å²) < 4.78 is 1.96. The minimum atomic E-state index is 1.17. The first-order valence-electron chi connectivity index (χ1n) is 5.90. The highest BCUT2D eigenvalue weighted by Gasteiger charge is 2.19. The highest BCUT2D eigenvalue weighted by atomic mass is 15.0. The maximum Gasteiger partial charge on any atom is 0.147 e. The average Bonchev–Trinajstić information content (AvgIpc) is 2.24. The van der Waals surface area contributed by atoms with E-state index in [1.807, 2.05) is 4.58 Å². The number of rotatable bonds is 1. The largest absolute Gasteiger partial charge is 0.255 e. The Morgan fingerprint density at radius 1 is 1.06 bits per heavy atom. The Morgan fingerprint density at radius 3 is 2.41 bits per heavy atom. The third kappa shape index (κ3) is 2.19. The lowest BCUT2D eigenvalue weighted by Gasteiger charge is -2.22. The Morgan fingerprint density at radius 2 is 1.76 bits per heavy atom. The van der Waals surface area contributed by atoms with Crippen molar-refractivity contribution < 1.29 is 4.58 Å². The van der Waals surface area contributed by atoms with Crippen LogP contribution in [0.1, 0.15) is 30.5 Å². The molecule has 1 aromatic rings. The Hall–Kier alpha value is -1.76. The van der Waals surface area contributed by atoms with E-state index in [0.717, 1.165) is 0 Å². The molecule has 0 unspecified atom stereocenters. The fourth-order valence-corrected chi connectivity index (χ4v) is 2.14. The van der Waals surface area contributed by atoms with Crippen LogP contribution in [-0.2, 0) is 0 Å². The maximum absolute atomic E-state index is 4.08. The molecule has 0 N–H and O–H groups in total. The van der Waals surface area contributed by atoms with Crippen LogP contribution in [0.4, 0.5) is 0 Å². The highest BCUT2D eigenvalue weighted by molar-refractivity contribution is 5.47. The first-order valence-corrected chi connectivity index (χ1v) is 5.90. The molecule has 0 atom stereocenters. The summed E-state index contributed by atoms with van der Waals surface area (Å²) in [6.45, 7) is 12.6. The molecule has 17 heavy (non-hydrogen) atoms. The monoisotopic (exact) mass is 225 g/mol. The number of aryl methyl sites for hydroxylation is 2. The first-order chi connectivity index (χ1) is 7.99. The van der Waals surface area contributed by atoms with Crippen LogP contribution in [0, 0.1) is 19.9 Å². The molecule has 1 aliphatic heterocycles. The first kappa shape index (κ1) is 11.7. The van der Waals surface area contributed by atoms with Gasteiger partial charge in [0, 0.05) is 0 Å². The van der Waals surface area contributed by atoms with Crippen LogP contribution < -0.4 is 0 Å². The second kappa shape index (κ2) is 4.25. The molecule has 0 aliphatic carbocycles. The second-order valence-corrected chi connectivity index (χ2v) is 4.81. The van der Waals surface area contributed by atoms with E-state index < -0.39 is 0 Å². The zero-order valence-corrected chi connectivity index (χ0v) is 11.0. The van der Waals surface area contributed by atoms with Crippen LogP contribution in [-0.4, -0.2) is 11.3 Å². The summed E-state index contributed by atoms with van der Waals surface area (Å²) in [5.74, 6) is 0. The van der Waals surface area contributed by atoms with Gasteiger partial charge in [-0.3, -0.25) is 4.58 Å². The van der Waals surface area contributed by atoms with Crippen molar-refractivity contribution in [3.8, 4) is 0 Å². The molecule has 1 heteroatoms. The van der Waals surface area contributed by atoms with E-state index in [1.165, 1.54) is 33.9 Å². The average molecular weight is 225 g/mol. The van der Waals surface area contributed by atoms with Crippen molar-refractivity contribution >= 4 is 6.72 Å². The molecule has 1 nitrogen and oxygen atoms in total. The molecular weight excluding hydrogens is 206 g/mol. The fraction of sp³-hybridized carbons (Fsp3) is 0.250. The second-order valence-electron chi connectivity index (χ2n) is 4.81. The lowest BCUT2D eigenvalue weighted by atomic mass is 9.94. The molecule has 0 fully saturated rings. The van der Waals surface area contributed by atoms with Gasteiger partial charge in [0.1, 0.15) is 12.2 Å². The third-order valence-electron chi connectivity index (χ3n) is 3.29. The van der Waals surface area contributed by atoms with Crippen molar-refractivity contribution in [1.29, 1.82) is 0 Å². The standard InChI is InChI=1S/C16H19N/c1-11-6-7-15(13(3)8-11)16-9-12(2)14(4)10-17(16)5/h6-10H,5H2,1-4H3. The van der Waals surface area contributed by atoms with Gasteiger partial charge in [-0.15, -0.1) is 6.07 Å². The van der Waals surface area contributed by atoms with Gasteiger partial charge >= 0.3 is 0 Å². The molecule has 0 saturated carbocycles. The van der Waals surface area contributed by atoms with Crippen molar-refractivity contribution in [2.75, 3.05) is 0 Å². The molecule has 2 rings (SSSR count). The maximum atomic E-state index is 4.08. The van der Waals surface area contributed by atoms with Crippen molar-refractivity contribution in [3.63, 3.8) is 0 Å². The summed E-state index contributed by atoms with van der Waals surface area (Å²) in [6, 6.07) is 7.71. The normalized spacial score (nSPS) is 15.8. The molecule has 0 bridgehead atoms. The van der Waals surface area contributed by atoms with E-state index in [1.54, 1.807) is 0 Å². The molecule has 0 amide bonds. The van der Waals surface area contributed by atoms with Gasteiger partial charge < -0.3 is 0 Å². The van der Waals surface area contributed by atoms with Gasteiger partial charge in [0.25, 0.3) is 0 Å². The number of hydrogen-bond acceptors (Lipinski definition) is 0. The SMILES string of the molecule is C=[N+]1C=C(C)C(C)=C[C-]1c1ccc(C)cc1C. The molecule has 88 valence electrons. The third-order valence-corrected chi connectivity index (χ3v) is 3.29. The van der Waals surface area contributed by atoms with Gasteiger partial charge in [0.05, 0.1) is 6.72 Å². The van der Waals surface area contributed by atoms with E-state index in [9.17, 15) is 0 Å². The van der Waals surface area contributed by atoms with Gasteiger partial charge in [-0.25, -0.2) is 0 Å². The summed E-state index contributed by atoms with van der Waals surface area (Å²) in [5, 5.41) is 0. The molecule has 1 aliphatic rings. The van der Waals surface area contributed by atoms with Gasteiger partial charge in [-0.05, 0) is 31.1 Å². The Balaban J connectivity index is 2.45. The van der Waals surface area contributed by atoms with E-state index in [4.69, 9.17) is 0 Å². The predicted octanol–water partition coefficient (Wildman–Crippen LogP) is 3.76. The Kier molecular flexibility index (Phi) is 2.93. The van der Waals surface area contributed by atoms with E-state index in [0.29, 0.717) is 0 Å². The summed E-state index contributed by atoms with van der Waals surface area (Å²) in [6.07, 6.45) is 4.30. The Labute approximate surface area is 104 Å². The molecule has 1 heterocycles. The zero-order chi connectivity index (χ0) is 12.6. The molecule has 0 aromatic heterocycles. The lowest BCUT2D eigenvalue weighted by molar-refractivity contribution is -0.419. The van der Waals surface area contributed by atoms with Crippen LogP contribution in [0.15, 0.2) is 41.6 Å². The van der Waals surface area contributed by atoms with E-state index in [-0.39, 0.29) is 0 Å². The predicted molar refractivity (Wildman–Crippen MR) is 73.2 cm³/mol. The summed E-state index contributed by atoms with van der Waals surface area (Å²) >= 11 is 0. The minimum absolute atomic E-state index is 1.17. The smallest absolute Gasteiger partial charge is 0.147 e. The topological polar surface area (TPSA) is 3.01 Å². The van der Waals surface area contributed by atoms with Crippen molar-refractivity contribution in [3.05, 3.63) is 64.4 Å². The van der Waals surface area contributed by atoms with Crippen LogP contribution in [0.2, 0.25) is 0 Å². The van der Waals surface area contributed by atoms with E-state index in [2.05, 4.69) is 64.9 Å². The number of benzene rings is 1. The number of nitrogens with zero attached hydrogens (tertiary/aromatic N) is 1. The van der Waals surface area contributed by atoms with Crippen LogP contribution in [0.5, 0.6) is 0 Å². The zero-order valence-electron chi connectivity index (χ0n) is 11.0. The van der Waals surface area contributed by atoms with Crippen molar-refractivity contribution in [1.82, 2.24) is 0 Å². The lowest BCUT2D eigenvalue weighted by Crippen LogP contribution is -2.16. The fourth-order valence-electron chi connectivity index (χ4n) is 2.14. The highest BCUT2D eigenvalue weighted by Crippen LogP contribution is 2.28. The molecule has 0 saturated heterocycles. The van der Waals surface area contributed by atoms with Crippen molar-refractivity contribution in [2.24, 2.45) is 0 Å². The summed E-state index contributed by atoms with van der Waals surface area (Å²) in [4.78, 5) is 0. The Bertz CT molecular complexity index is 532.